The number of esters is 1. The van der Waals surface area contributed by atoms with Crippen LogP contribution in [0.4, 0.5) is 0 Å². The molecule has 130 valence electrons. The van der Waals surface area contributed by atoms with Crippen molar-refractivity contribution in [3.05, 3.63) is 79.9 Å². The van der Waals surface area contributed by atoms with E-state index in [0.717, 1.165) is 11.1 Å². The van der Waals surface area contributed by atoms with E-state index in [0.29, 0.717) is 16.4 Å². The number of benzene rings is 1. The fourth-order valence-corrected chi connectivity index (χ4v) is 3.51. The summed E-state index contributed by atoms with van der Waals surface area (Å²) in [6, 6.07) is 12.3. The van der Waals surface area contributed by atoms with E-state index >= 15 is 0 Å². The Bertz CT molecular complexity index is 1150. The van der Waals surface area contributed by atoms with Crippen LogP contribution in [0, 0.1) is 0 Å². The predicted octanol–water partition coefficient (Wildman–Crippen LogP) is 3.76. The lowest BCUT2D eigenvalue weighted by atomic mass is 10.1. The van der Waals surface area contributed by atoms with Gasteiger partial charge in [-0.1, -0.05) is 41.9 Å². The van der Waals surface area contributed by atoms with Gasteiger partial charge in [0.05, 0.1) is 10.7 Å². The van der Waals surface area contributed by atoms with E-state index in [9.17, 15) is 9.59 Å². The number of aromatic nitrogens is 3. The summed E-state index contributed by atoms with van der Waals surface area (Å²) in [5.41, 5.74) is 2.28. The molecule has 26 heavy (non-hydrogen) atoms. The van der Waals surface area contributed by atoms with Crippen LogP contribution in [0.3, 0.4) is 0 Å². The first-order chi connectivity index (χ1) is 12.6. The molecule has 0 aliphatic heterocycles. The Hall–Kier alpha value is -2.90. The number of hydrogen-bond acceptors (Lipinski definition) is 5. The lowest BCUT2D eigenvalue weighted by molar-refractivity contribution is 0.0466. The molecule has 0 spiro atoms. The molecule has 1 aromatic carbocycles. The fourth-order valence-electron chi connectivity index (χ4n) is 2.48. The van der Waals surface area contributed by atoms with E-state index in [-0.39, 0.29) is 17.9 Å². The molecular formula is C18H12ClN3O3S. The van der Waals surface area contributed by atoms with Gasteiger partial charge in [-0.25, -0.2) is 14.3 Å². The summed E-state index contributed by atoms with van der Waals surface area (Å²) in [7, 11) is 0. The van der Waals surface area contributed by atoms with Gasteiger partial charge in [-0.05, 0) is 5.38 Å². The van der Waals surface area contributed by atoms with Crippen LogP contribution in [0.2, 0.25) is 5.02 Å². The van der Waals surface area contributed by atoms with Crippen LogP contribution in [0.25, 0.3) is 16.9 Å². The molecule has 0 fully saturated rings. The first-order valence-electron chi connectivity index (χ1n) is 7.68. The van der Waals surface area contributed by atoms with Crippen molar-refractivity contribution in [3.8, 4) is 11.3 Å². The molecule has 8 heteroatoms. The molecule has 3 aromatic heterocycles. The SMILES string of the molecule is O=C(OCc1cscc1Cl)c1cc2nc(-c3ccccc3)cc(=O)n2[nH]1. The number of rotatable bonds is 4. The maximum absolute atomic E-state index is 12.3. The Kier molecular flexibility index (Phi) is 4.32. The third-order valence-corrected chi connectivity index (χ3v) is 5.06. The highest BCUT2D eigenvalue weighted by Gasteiger charge is 2.15. The van der Waals surface area contributed by atoms with Gasteiger partial charge in [0.15, 0.2) is 5.65 Å². The van der Waals surface area contributed by atoms with E-state index in [1.807, 2.05) is 35.7 Å². The van der Waals surface area contributed by atoms with Crippen LogP contribution in [-0.2, 0) is 11.3 Å². The van der Waals surface area contributed by atoms with E-state index in [1.54, 1.807) is 5.38 Å². The number of nitrogens with one attached hydrogen (secondary N) is 1. The normalized spacial score (nSPS) is 11.0. The second kappa shape index (κ2) is 6.78. The molecule has 1 N–H and O–H groups in total. The molecule has 4 rings (SSSR count). The maximum Gasteiger partial charge on any atom is 0.356 e. The average Bonchev–Trinajstić information content (AvgIpc) is 3.27. The lowest BCUT2D eigenvalue weighted by Gasteiger charge is -2.01. The third kappa shape index (κ3) is 3.14. The molecule has 6 nitrogen and oxygen atoms in total. The number of carbonyl (C=O) groups is 1. The Morgan fingerprint density at radius 3 is 2.77 bits per heavy atom. The van der Waals surface area contributed by atoms with Crippen LogP contribution in [0.15, 0.2) is 58.0 Å². The summed E-state index contributed by atoms with van der Waals surface area (Å²) in [6.07, 6.45) is 0. The summed E-state index contributed by atoms with van der Waals surface area (Å²) < 4.78 is 6.46. The molecule has 0 saturated heterocycles. The first kappa shape index (κ1) is 16.6. The van der Waals surface area contributed by atoms with Crippen molar-refractivity contribution < 1.29 is 9.53 Å². The zero-order chi connectivity index (χ0) is 18.1. The molecule has 0 unspecified atom stereocenters. The molecular weight excluding hydrogens is 374 g/mol. The Balaban J connectivity index is 1.63. The highest BCUT2D eigenvalue weighted by atomic mass is 35.5. The summed E-state index contributed by atoms with van der Waals surface area (Å²) in [6.45, 7) is 0.0636. The van der Waals surface area contributed by atoms with Crippen molar-refractivity contribution in [3.63, 3.8) is 0 Å². The van der Waals surface area contributed by atoms with Crippen LogP contribution in [0.1, 0.15) is 16.1 Å². The number of thiophene rings is 1. The fraction of sp³-hybridized carbons (Fsp3) is 0.0556. The average molecular weight is 386 g/mol. The summed E-state index contributed by atoms with van der Waals surface area (Å²) in [5.74, 6) is -0.585. The molecule has 0 saturated carbocycles. The molecule has 0 radical (unpaired) electrons. The number of carbonyl (C=O) groups excluding carboxylic acids is 1. The number of halogens is 1. The van der Waals surface area contributed by atoms with Crippen LogP contribution < -0.4 is 5.56 Å². The van der Waals surface area contributed by atoms with Crippen LogP contribution in [0.5, 0.6) is 0 Å². The van der Waals surface area contributed by atoms with Gasteiger partial charge in [0, 0.05) is 28.6 Å². The van der Waals surface area contributed by atoms with Crippen LogP contribution in [-0.4, -0.2) is 20.6 Å². The summed E-state index contributed by atoms with van der Waals surface area (Å²) >= 11 is 7.42. The largest absolute Gasteiger partial charge is 0.456 e. The highest BCUT2D eigenvalue weighted by molar-refractivity contribution is 7.08. The minimum Gasteiger partial charge on any atom is -0.456 e. The first-order valence-corrected chi connectivity index (χ1v) is 9.00. The molecule has 0 aliphatic rings. The monoisotopic (exact) mass is 385 g/mol. The van der Waals surface area contributed by atoms with Gasteiger partial charge in [-0.2, -0.15) is 11.3 Å². The molecule has 4 aromatic rings. The van der Waals surface area contributed by atoms with Crippen molar-refractivity contribution in [1.29, 1.82) is 0 Å². The molecule has 0 bridgehead atoms. The van der Waals surface area contributed by atoms with Crippen molar-refractivity contribution in [2.75, 3.05) is 0 Å². The molecule has 3 heterocycles. The van der Waals surface area contributed by atoms with Gasteiger partial charge >= 0.3 is 5.97 Å². The van der Waals surface area contributed by atoms with E-state index in [1.165, 1.54) is 28.0 Å². The number of hydrogen-bond donors (Lipinski definition) is 1. The van der Waals surface area contributed by atoms with Gasteiger partial charge in [0.25, 0.3) is 5.56 Å². The van der Waals surface area contributed by atoms with Gasteiger partial charge < -0.3 is 4.74 Å². The third-order valence-electron chi connectivity index (χ3n) is 3.79. The van der Waals surface area contributed by atoms with E-state index < -0.39 is 5.97 Å². The van der Waals surface area contributed by atoms with Crippen LogP contribution >= 0.6 is 22.9 Å². The van der Waals surface area contributed by atoms with E-state index in [4.69, 9.17) is 16.3 Å². The predicted molar refractivity (Wildman–Crippen MR) is 99.7 cm³/mol. The Morgan fingerprint density at radius 2 is 2.04 bits per heavy atom. The van der Waals surface area contributed by atoms with Gasteiger partial charge in [0.2, 0.25) is 0 Å². The molecule has 0 amide bonds. The Labute approximate surface area is 156 Å². The smallest absolute Gasteiger partial charge is 0.356 e. The van der Waals surface area contributed by atoms with Crippen molar-refractivity contribution in [2.45, 2.75) is 6.61 Å². The van der Waals surface area contributed by atoms with Crippen molar-refractivity contribution in [1.82, 2.24) is 14.6 Å². The number of aromatic amines is 1. The summed E-state index contributed by atoms with van der Waals surface area (Å²) in [5, 5.41) is 6.87. The Morgan fingerprint density at radius 1 is 1.23 bits per heavy atom. The van der Waals surface area contributed by atoms with Gasteiger partial charge in [0.1, 0.15) is 12.3 Å². The maximum atomic E-state index is 12.3. The van der Waals surface area contributed by atoms with Crippen molar-refractivity contribution in [2.24, 2.45) is 0 Å². The van der Waals surface area contributed by atoms with Gasteiger partial charge in [-0.15, -0.1) is 0 Å². The second-order valence-corrected chi connectivity index (χ2v) is 6.68. The number of H-pyrrole nitrogens is 1. The number of ether oxygens (including phenoxy) is 1. The lowest BCUT2D eigenvalue weighted by Crippen LogP contribution is -2.15. The minimum absolute atomic E-state index is 0.0636. The quantitative estimate of drug-likeness (QED) is 0.542. The standard InChI is InChI=1S/C18H12ClN3O3S/c19-13-10-26-9-12(13)8-25-18(24)15-6-16-20-14(7-17(23)22(16)21-15)11-4-2-1-3-5-11/h1-7,9-10,21H,8H2. The molecule has 0 aliphatic carbocycles. The molecule has 0 atom stereocenters. The van der Waals surface area contributed by atoms with E-state index in [2.05, 4.69) is 10.1 Å². The van der Waals surface area contributed by atoms with Gasteiger partial charge in [-0.3, -0.25) is 9.89 Å². The summed E-state index contributed by atoms with van der Waals surface area (Å²) in [4.78, 5) is 29.0. The zero-order valence-electron chi connectivity index (χ0n) is 13.3. The number of fused-ring (bicyclic) bond motifs is 1. The number of nitrogens with zero attached hydrogens (tertiary/aromatic N) is 2. The zero-order valence-corrected chi connectivity index (χ0v) is 14.9. The topological polar surface area (TPSA) is 76.5 Å². The minimum atomic E-state index is -0.585. The highest BCUT2D eigenvalue weighted by Crippen LogP contribution is 2.22. The van der Waals surface area contributed by atoms with Crippen molar-refractivity contribution >= 4 is 34.6 Å². The second-order valence-electron chi connectivity index (χ2n) is 5.53.